The maximum absolute atomic E-state index is 12.3. The fourth-order valence-corrected chi connectivity index (χ4v) is 2.80. The molecule has 0 atom stereocenters. The first-order valence-electron chi connectivity index (χ1n) is 7.07. The molecule has 0 aromatic rings. The Labute approximate surface area is 126 Å². The van der Waals surface area contributed by atoms with Crippen molar-refractivity contribution in [2.45, 2.75) is 58.4 Å². The molecule has 4 N–H and O–H groups in total. The number of nitrogens with two attached hydrogens (primary N) is 1. The van der Waals surface area contributed by atoms with Crippen LogP contribution in [0, 0.1) is 5.41 Å². The Morgan fingerprint density at radius 2 is 1.80 bits per heavy atom. The molecule has 1 rings (SSSR count). The van der Waals surface area contributed by atoms with Gasteiger partial charge in [0.2, 0.25) is 11.8 Å². The quantitative estimate of drug-likeness (QED) is 0.667. The average Bonchev–Trinajstić information content (AvgIpc) is 2.76. The second kappa shape index (κ2) is 6.52. The number of rotatable bonds is 5. The molecule has 1 aliphatic carbocycles. The molecule has 0 aromatic carbocycles. The molecule has 2 amide bonds. The van der Waals surface area contributed by atoms with Crippen LogP contribution in [0.5, 0.6) is 0 Å². The van der Waals surface area contributed by atoms with Gasteiger partial charge in [-0.05, 0) is 33.6 Å². The Bertz CT molecular complexity index is 396. The van der Waals surface area contributed by atoms with Crippen LogP contribution < -0.4 is 16.4 Å². The first-order chi connectivity index (χ1) is 9.17. The SMILES string of the molecule is CC(C)(C)NC(=O)CCNC(=O)C1(C(N)=S)CCCC1. The molecule has 0 heterocycles. The zero-order valence-electron chi connectivity index (χ0n) is 12.5. The van der Waals surface area contributed by atoms with E-state index in [4.69, 9.17) is 18.0 Å². The van der Waals surface area contributed by atoms with Crippen molar-refractivity contribution in [3.05, 3.63) is 0 Å². The molecule has 0 aromatic heterocycles. The molecule has 0 aliphatic heterocycles. The van der Waals surface area contributed by atoms with Gasteiger partial charge >= 0.3 is 0 Å². The normalized spacial score (nSPS) is 17.6. The average molecular weight is 299 g/mol. The van der Waals surface area contributed by atoms with Crippen LogP contribution in [0.25, 0.3) is 0 Å². The third-order valence-electron chi connectivity index (χ3n) is 3.52. The van der Waals surface area contributed by atoms with Gasteiger partial charge in [0.25, 0.3) is 0 Å². The lowest BCUT2D eigenvalue weighted by molar-refractivity contribution is -0.127. The predicted octanol–water partition coefficient (Wildman–Crippen LogP) is 1.25. The number of amides is 2. The van der Waals surface area contributed by atoms with Crippen LogP contribution in [0.4, 0.5) is 0 Å². The summed E-state index contributed by atoms with van der Waals surface area (Å²) < 4.78 is 0. The van der Waals surface area contributed by atoms with Gasteiger partial charge in [0.1, 0.15) is 0 Å². The highest BCUT2D eigenvalue weighted by Crippen LogP contribution is 2.38. The number of hydrogen-bond donors (Lipinski definition) is 3. The Balaban J connectivity index is 2.43. The van der Waals surface area contributed by atoms with Gasteiger partial charge in [-0.2, -0.15) is 0 Å². The van der Waals surface area contributed by atoms with Crippen LogP contribution in [0.1, 0.15) is 52.9 Å². The minimum Gasteiger partial charge on any atom is -0.392 e. The summed E-state index contributed by atoms with van der Waals surface area (Å²) in [6, 6.07) is 0. The Morgan fingerprint density at radius 1 is 1.25 bits per heavy atom. The lowest BCUT2D eigenvalue weighted by atomic mass is 9.85. The van der Waals surface area contributed by atoms with Crippen molar-refractivity contribution in [2.24, 2.45) is 11.1 Å². The number of thiocarbonyl (C=S) groups is 1. The molecule has 0 bridgehead atoms. The Kier molecular flexibility index (Phi) is 5.50. The minimum atomic E-state index is -0.699. The number of hydrogen-bond acceptors (Lipinski definition) is 3. The Hall–Kier alpha value is -1.17. The van der Waals surface area contributed by atoms with Crippen molar-refractivity contribution in [3.63, 3.8) is 0 Å². The van der Waals surface area contributed by atoms with Crippen LogP contribution in [-0.4, -0.2) is 28.9 Å². The van der Waals surface area contributed by atoms with Crippen molar-refractivity contribution in [3.8, 4) is 0 Å². The van der Waals surface area contributed by atoms with E-state index in [1.165, 1.54) is 0 Å². The largest absolute Gasteiger partial charge is 0.392 e. The van der Waals surface area contributed by atoms with E-state index in [1.54, 1.807) is 0 Å². The van der Waals surface area contributed by atoms with Gasteiger partial charge in [0.05, 0.1) is 10.4 Å². The molecule has 0 radical (unpaired) electrons. The van der Waals surface area contributed by atoms with E-state index in [2.05, 4.69) is 10.6 Å². The van der Waals surface area contributed by atoms with E-state index in [1.807, 2.05) is 20.8 Å². The summed E-state index contributed by atoms with van der Waals surface area (Å²) in [6.45, 7) is 6.07. The van der Waals surface area contributed by atoms with Crippen molar-refractivity contribution in [1.29, 1.82) is 0 Å². The molecule has 20 heavy (non-hydrogen) atoms. The van der Waals surface area contributed by atoms with Crippen molar-refractivity contribution in [1.82, 2.24) is 10.6 Å². The highest BCUT2D eigenvalue weighted by molar-refractivity contribution is 7.80. The molecular weight excluding hydrogens is 274 g/mol. The number of nitrogens with one attached hydrogen (secondary N) is 2. The maximum Gasteiger partial charge on any atom is 0.233 e. The summed E-state index contributed by atoms with van der Waals surface area (Å²) in [5, 5.41) is 5.65. The van der Waals surface area contributed by atoms with Gasteiger partial charge in [0.15, 0.2) is 0 Å². The zero-order valence-corrected chi connectivity index (χ0v) is 13.4. The van der Waals surface area contributed by atoms with Crippen molar-refractivity contribution in [2.75, 3.05) is 6.54 Å². The van der Waals surface area contributed by atoms with Gasteiger partial charge in [-0.15, -0.1) is 0 Å². The van der Waals surface area contributed by atoms with Crippen LogP contribution in [-0.2, 0) is 9.59 Å². The summed E-state index contributed by atoms with van der Waals surface area (Å²) in [4.78, 5) is 24.2. The molecule has 0 unspecified atom stereocenters. The molecule has 1 saturated carbocycles. The van der Waals surface area contributed by atoms with Crippen molar-refractivity contribution < 1.29 is 9.59 Å². The predicted molar refractivity (Wildman–Crippen MR) is 83.2 cm³/mol. The van der Waals surface area contributed by atoms with Gasteiger partial charge in [-0.3, -0.25) is 9.59 Å². The van der Waals surface area contributed by atoms with Gasteiger partial charge < -0.3 is 16.4 Å². The molecule has 0 saturated heterocycles. The third-order valence-corrected chi connectivity index (χ3v) is 3.91. The number of carbonyl (C=O) groups excluding carboxylic acids is 2. The van der Waals surface area contributed by atoms with Gasteiger partial charge in [-0.1, -0.05) is 25.1 Å². The summed E-state index contributed by atoms with van der Waals surface area (Å²) >= 11 is 5.06. The second-order valence-electron chi connectivity index (χ2n) is 6.46. The first-order valence-corrected chi connectivity index (χ1v) is 7.47. The topological polar surface area (TPSA) is 84.2 Å². The first kappa shape index (κ1) is 16.9. The lowest BCUT2D eigenvalue weighted by Gasteiger charge is -2.26. The fraction of sp³-hybridized carbons (Fsp3) is 0.786. The lowest BCUT2D eigenvalue weighted by Crippen LogP contribution is -2.48. The zero-order chi connectivity index (χ0) is 15.4. The van der Waals surface area contributed by atoms with Crippen LogP contribution >= 0.6 is 12.2 Å². The van der Waals surface area contributed by atoms with E-state index in [0.29, 0.717) is 19.4 Å². The third kappa shape index (κ3) is 4.44. The summed E-state index contributed by atoms with van der Waals surface area (Å²) in [7, 11) is 0. The molecule has 5 nitrogen and oxygen atoms in total. The van der Waals surface area contributed by atoms with E-state index in [0.717, 1.165) is 12.8 Å². The van der Waals surface area contributed by atoms with Gasteiger partial charge in [0, 0.05) is 18.5 Å². The summed E-state index contributed by atoms with van der Waals surface area (Å²) in [5.74, 6) is -0.209. The molecule has 1 aliphatic rings. The van der Waals surface area contributed by atoms with E-state index >= 15 is 0 Å². The van der Waals surface area contributed by atoms with Crippen LogP contribution in [0.3, 0.4) is 0 Å². The molecule has 114 valence electrons. The Morgan fingerprint density at radius 3 is 2.25 bits per heavy atom. The van der Waals surface area contributed by atoms with E-state index in [-0.39, 0.29) is 28.8 Å². The highest BCUT2D eigenvalue weighted by Gasteiger charge is 2.43. The van der Waals surface area contributed by atoms with Gasteiger partial charge in [-0.25, -0.2) is 0 Å². The summed E-state index contributed by atoms with van der Waals surface area (Å²) in [5.41, 5.74) is 4.78. The minimum absolute atomic E-state index is 0.0754. The molecule has 0 spiro atoms. The van der Waals surface area contributed by atoms with Crippen LogP contribution in [0.2, 0.25) is 0 Å². The maximum atomic E-state index is 12.3. The molecule has 6 heteroatoms. The molecule has 1 fully saturated rings. The van der Waals surface area contributed by atoms with E-state index < -0.39 is 5.41 Å². The smallest absolute Gasteiger partial charge is 0.233 e. The van der Waals surface area contributed by atoms with Crippen molar-refractivity contribution >= 4 is 29.0 Å². The fourth-order valence-electron chi connectivity index (χ4n) is 2.50. The standard InChI is InChI=1S/C14H25N3O2S/c1-13(2,3)17-10(18)6-9-16-12(19)14(11(15)20)7-4-5-8-14/h4-9H2,1-3H3,(H2,15,20)(H,16,19)(H,17,18). The second-order valence-corrected chi connectivity index (χ2v) is 6.90. The highest BCUT2D eigenvalue weighted by atomic mass is 32.1. The monoisotopic (exact) mass is 299 g/mol. The molecular formula is C14H25N3O2S. The van der Waals surface area contributed by atoms with E-state index in [9.17, 15) is 9.59 Å². The summed E-state index contributed by atoms with van der Waals surface area (Å²) in [6.07, 6.45) is 3.62. The van der Waals surface area contributed by atoms with Crippen LogP contribution in [0.15, 0.2) is 0 Å². The number of carbonyl (C=O) groups is 2.